The third-order valence-electron chi connectivity index (χ3n) is 2.71. The zero-order chi connectivity index (χ0) is 10.7. The van der Waals surface area contributed by atoms with Crippen LogP contribution in [0.25, 0.3) is 0 Å². The standard InChI is InChI=1S/C10H17N3S2/c1-3-9-12-10(15-13-9)14-6-8(11-2)7-4-5-7/h7-8,11H,3-6H2,1-2H3. The van der Waals surface area contributed by atoms with Gasteiger partial charge in [0.15, 0.2) is 4.34 Å². The largest absolute Gasteiger partial charge is 0.316 e. The smallest absolute Gasteiger partial charge is 0.170 e. The van der Waals surface area contributed by atoms with Gasteiger partial charge in [0, 0.05) is 18.2 Å². The zero-order valence-corrected chi connectivity index (χ0v) is 10.8. The number of hydrogen-bond acceptors (Lipinski definition) is 5. The number of nitrogens with one attached hydrogen (secondary N) is 1. The molecule has 1 atom stereocenters. The molecule has 0 saturated heterocycles. The highest BCUT2D eigenvalue weighted by molar-refractivity contribution is 8.00. The molecular formula is C10H17N3S2. The van der Waals surface area contributed by atoms with Gasteiger partial charge in [0.1, 0.15) is 5.82 Å². The molecule has 15 heavy (non-hydrogen) atoms. The molecule has 1 aromatic rings. The minimum atomic E-state index is 0.656. The number of rotatable bonds is 6. The Bertz CT molecular complexity index is 309. The molecular weight excluding hydrogens is 226 g/mol. The van der Waals surface area contributed by atoms with Gasteiger partial charge in [0.25, 0.3) is 0 Å². The number of aromatic nitrogens is 2. The van der Waals surface area contributed by atoms with Gasteiger partial charge in [0.05, 0.1) is 0 Å². The van der Waals surface area contributed by atoms with Crippen molar-refractivity contribution >= 4 is 23.3 Å². The van der Waals surface area contributed by atoms with Crippen molar-refractivity contribution in [3.63, 3.8) is 0 Å². The van der Waals surface area contributed by atoms with Gasteiger partial charge in [0.2, 0.25) is 0 Å². The van der Waals surface area contributed by atoms with E-state index in [1.165, 1.54) is 24.4 Å². The topological polar surface area (TPSA) is 37.8 Å². The Morgan fingerprint density at radius 2 is 2.40 bits per heavy atom. The van der Waals surface area contributed by atoms with Crippen molar-refractivity contribution in [2.24, 2.45) is 5.92 Å². The van der Waals surface area contributed by atoms with Crippen molar-refractivity contribution in [2.75, 3.05) is 12.8 Å². The lowest BCUT2D eigenvalue weighted by Gasteiger charge is -2.12. The molecule has 84 valence electrons. The Balaban J connectivity index is 1.80. The van der Waals surface area contributed by atoms with E-state index in [-0.39, 0.29) is 0 Å². The second-order valence-corrected chi connectivity index (χ2v) is 5.89. The second kappa shape index (κ2) is 5.27. The summed E-state index contributed by atoms with van der Waals surface area (Å²) in [7, 11) is 2.06. The van der Waals surface area contributed by atoms with E-state index in [0.717, 1.165) is 28.3 Å². The van der Waals surface area contributed by atoms with Crippen molar-refractivity contribution in [3.05, 3.63) is 5.82 Å². The van der Waals surface area contributed by atoms with Gasteiger partial charge >= 0.3 is 0 Å². The Labute approximate surface area is 99.2 Å². The fraction of sp³-hybridized carbons (Fsp3) is 0.800. The lowest BCUT2D eigenvalue weighted by Crippen LogP contribution is -2.29. The Hall–Kier alpha value is -0.130. The van der Waals surface area contributed by atoms with Gasteiger partial charge in [-0.05, 0) is 37.3 Å². The summed E-state index contributed by atoms with van der Waals surface area (Å²) in [5, 5.41) is 3.39. The molecule has 1 heterocycles. The van der Waals surface area contributed by atoms with Gasteiger partial charge < -0.3 is 5.32 Å². The predicted molar refractivity (Wildman–Crippen MR) is 65.6 cm³/mol. The molecule has 0 spiro atoms. The molecule has 1 aromatic heterocycles. The summed E-state index contributed by atoms with van der Waals surface area (Å²) in [5.41, 5.74) is 0. The average molecular weight is 243 g/mol. The molecule has 0 aromatic carbocycles. The summed E-state index contributed by atoms with van der Waals surface area (Å²) in [6.07, 6.45) is 3.72. The van der Waals surface area contributed by atoms with Crippen LogP contribution in [-0.2, 0) is 6.42 Å². The maximum atomic E-state index is 4.46. The van der Waals surface area contributed by atoms with Crippen LogP contribution in [0.5, 0.6) is 0 Å². The predicted octanol–water partition coefficient (Wildman–Crippen LogP) is 2.19. The van der Waals surface area contributed by atoms with Gasteiger partial charge in [-0.1, -0.05) is 18.7 Å². The summed E-state index contributed by atoms with van der Waals surface area (Å²) in [4.78, 5) is 4.46. The molecule has 1 N–H and O–H groups in total. The monoisotopic (exact) mass is 243 g/mol. The van der Waals surface area contributed by atoms with Crippen LogP contribution in [0.1, 0.15) is 25.6 Å². The Kier molecular flexibility index (Phi) is 3.99. The molecule has 5 heteroatoms. The minimum absolute atomic E-state index is 0.656. The van der Waals surface area contributed by atoms with Crippen molar-refractivity contribution in [2.45, 2.75) is 36.6 Å². The third kappa shape index (κ3) is 3.16. The fourth-order valence-electron chi connectivity index (χ4n) is 1.55. The highest BCUT2D eigenvalue weighted by Crippen LogP contribution is 2.35. The van der Waals surface area contributed by atoms with E-state index in [4.69, 9.17) is 0 Å². The first-order valence-corrected chi connectivity index (χ1v) is 7.22. The molecule has 0 aliphatic heterocycles. The molecule has 3 nitrogen and oxygen atoms in total. The van der Waals surface area contributed by atoms with E-state index in [2.05, 4.69) is 28.6 Å². The van der Waals surface area contributed by atoms with E-state index < -0.39 is 0 Å². The molecule has 0 radical (unpaired) electrons. The van der Waals surface area contributed by atoms with Crippen LogP contribution in [0.4, 0.5) is 0 Å². The highest BCUT2D eigenvalue weighted by atomic mass is 32.2. The summed E-state index contributed by atoms with van der Waals surface area (Å²) in [6.45, 7) is 2.09. The van der Waals surface area contributed by atoms with Crippen LogP contribution < -0.4 is 5.32 Å². The van der Waals surface area contributed by atoms with Gasteiger partial charge in [-0.2, -0.15) is 4.37 Å². The van der Waals surface area contributed by atoms with Crippen LogP contribution in [0, 0.1) is 5.92 Å². The summed E-state index contributed by atoms with van der Waals surface area (Å²) >= 11 is 3.37. The maximum absolute atomic E-state index is 4.46. The van der Waals surface area contributed by atoms with Crippen LogP contribution in [0.15, 0.2) is 4.34 Å². The second-order valence-electron chi connectivity index (χ2n) is 3.87. The van der Waals surface area contributed by atoms with Crippen molar-refractivity contribution in [3.8, 4) is 0 Å². The number of hydrogen-bond donors (Lipinski definition) is 1. The van der Waals surface area contributed by atoms with Gasteiger partial charge in [-0.25, -0.2) is 4.98 Å². The van der Waals surface area contributed by atoms with E-state index in [0.29, 0.717) is 6.04 Å². The maximum Gasteiger partial charge on any atom is 0.170 e. The van der Waals surface area contributed by atoms with E-state index in [1.807, 2.05) is 11.8 Å². The van der Waals surface area contributed by atoms with E-state index >= 15 is 0 Å². The van der Waals surface area contributed by atoms with Crippen LogP contribution in [0.2, 0.25) is 0 Å². The molecule has 2 rings (SSSR count). The van der Waals surface area contributed by atoms with E-state index in [9.17, 15) is 0 Å². The van der Waals surface area contributed by atoms with Crippen LogP contribution in [-0.4, -0.2) is 28.2 Å². The third-order valence-corrected chi connectivity index (χ3v) is 4.70. The average Bonchev–Trinajstić information content (AvgIpc) is 2.98. The summed E-state index contributed by atoms with van der Waals surface area (Å²) < 4.78 is 5.41. The van der Waals surface area contributed by atoms with Gasteiger partial charge in [-0.3, -0.25) is 0 Å². The minimum Gasteiger partial charge on any atom is -0.316 e. The van der Waals surface area contributed by atoms with Crippen molar-refractivity contribution in [1.82, 2.24) is 14.7 Å². The van der Waals surface area contributed by atoms with Crippen molar-refractivity contribution < 1.29 is 0 Å². The fourth-order valence-corrected chi connectivity index (χ4v) is 3.51. The first kappa shape index (κ1) is 11.4. The molecule has 1 saturated carbocycles. The van der Waals surface area contributed by atoms with Crippen LogP contribution in [0.3, 0.4) is 0 Å². The summed E-state index contributed by atoms with van der Waals surface area (Å²) in [5.74, 6) is 3.01. The number of thioether (sulfide) groups is 1. The molecule has 1 aliphatic rings. The normalized spacial score (nSPS) is 18.0. The SMILES string of the molecule is CCc1nsc(SCC(NC)C2CC2)n1. The zero-order valence-electron chi connectivity index (χ0n) is 9.19. The molecule has 1 unspecified atom stereocenters. The lowest BCUT2D eigenvalue weighted by molar-refractivity contribution is 0.554. The summed E-state index contributed by atoms with van der Waals surface area (Å²) in [6, 6.07) is 0.656. The Morgan fingerprint density at radius 1 is 1.60 bits per heavy atom. The first-order chi connectivity index (χ1) is 7.33. The molecule has 1 aliphatic carbocycles. The van der Waals surface area contributed by atoms with Crippen LogP contribution >= 0.6 is 23.3 Å². The lowest BCUT2D eigenvalue weighted by atomic mass is 10.2. The molecule has 0 amide bonds. The van der Waals surface area contributed by atoms with Crippen molar-refractivity contribution in [1.29, 1.82) is 0 Å². The first-order valence-electron chi connectivity index (χ1n) is 5.46. The van der Waals surface area contributed by atoms with Gasteiger partial charge in [-0.15, -0.1) is 0 Å². The molecule has 0 bridgehead atoms. The van der Waals surface area contributed by atoms with E-state index in [1.54, 1.807) is 0 Å². The quantitative estimate of drug-likeness (QED) is 0.777. The number of aryl methyl sites for hydroxylation is 1. The Morgan fingerprint density at radius 3 is 2.93 bits per heavy atom. The molecule has 1 fully saturated rings. The number of nitrogens with zero attached hydrogens (tertiary/aromatic N) is 2. The highest BCUT2D eigenvalue weighted by Gasteiger charge is 2.30.